The van der Waals surface area contributed by atoms with Crippen molar-refractivity contribution in [2.24, 2.45) is 0 Å². The first-order valence-electron chi connectivity index (χ1n) is 4.86. The number of aromatic nitrogens is 1. The fourth-order valence-corrected chi connectivity index (χ4v) is 1.14. The first-order chi connectivity index (χ1) is 6.45. The van der Waals surface area contributed by atoms with E-state index in [-0.39, 0.29) is 11.3 Å². The maximum Gasteiger partial charge on any atom is 0.142 e. The summed E-state index contributed by atoms with van der Waals surface area (Å²) >= 11 is 0. The summed E-state index contributed by atoms with van der Waals surface area (Å²) in [5.41, 5.74) is 0.841. The fourth-order valence-electron chi connectivity index (χ4n) is 1.14. The molecular formula is C11H17NO2. The van der Waals surface area contributed by atoms with Crippen LogP contribution in [-0.4, -0.2) is 11.4 Å². The fraction of sp³-hybridized carbons (Fsp3) is 0.636. The van der Waals surface area contributed by atoms with Gasteiger partial charge >= 0.3 is 0 Å². The van der Waals surface area contributed by atoms with Crippen LogP contribution < -0.4 is 0 Å². The highest BCUT2D eigenvalue weighted by Gasteiger charge is 2.21. The molecule has 0 N–H and O–H groups in total. The summed E-state index contributed by atoms with van der Waals surface area (Å²) in [4.78, 5) is 10.3. The molecule has 0 aliphatic carbocycles. The second kappa shape index (κ2) is 3.95. The molecule has 3 nitrogen and oxygen atoms in total. The van der Waals surface area contributed by atoms with E-state index in [1.54, 1.807) is 0 Å². The largest absolute Gasteiger partial charge is 0.361 e. The summed E-state index contributed by atoms with van der Waals surface area (Å²) in [6.45, 7) is 8.18. The van der Waals surface area contributed by atoms with Gasteiger partial charge in [0.2, 0.25) is 0 Å². The predicted molar refractivity (Wildman–Crippen MR) is 54.3 cm³/mol. The van der Waals surface area contributed by atoms with E-state index in [2.05, 4.69) is 25.9 Å². The Morgan fingerprint density at radius 2 is 2.21 bits per heavy atom. The Labute approximate surface area is 84.5 Å². The number of hydrogen-bond donors (Lipinski definition) is 0. The van der Waals surface area contributed by atoms with Crippen LogP contribution in [0.4, 0.5) is 0 Å². The van der Waals surface area contributed by atoms with Gasteiger partial charge in [0.1, 0.15) is 12.0 Å². The molecule has 14 heavy (non-hydrogen) atoms. The Kier molecular flexibility index (Phi) is 3.09. The Morgan fingerprint density at radius 1 is 1.57 bits per heavy atom. The molecule has 0 bridgehead atoms. The summed E-state index contributed by atoms with van der Waals surface area (Å²) in [5, 5.41) is 3.97. The van der Waals surface area contributed by atoms with Crippen LogP contribution in [0.3, 0.4) is 0 Å². The first-order valence-corrected chi connectivity index (χ1v) is 4.86. The molecule has 1 atom stereocenters. The maximum atomic E-state index is 10.3. The Bertz CT molecular complexity index is 309. The van der Waals surface area contributed by atoms with Crippen molar-refractivity contribution < 1.29 is 9.32 Å². The molecule has 0 spiro atoms. The minimum Gasteiger partial charge on any atom is -0.361 e. The van der Waals surface area contributed by atoms with Gasteiger partial charge in [-0.1, -0.05) is 32.9 Å². The van der Waals surface area contributed by atoms with E-state index in [0.717, 1.165) is 17.7 Å². The van der Waals surface area contributed by atoms with Crippen molar-refractivity contribution in [3.05, 3.63) is 17.5 Å². The topological polar surface area (TPSA) is 43.1 Å². The Hall–Kier alpha value is -1.12. The van der Waals surface area contributed by atoms with Gasteiger partial charge in [0.05, 0.1) is 5.69 Å². The molecule has 0 saturated carbocycles. The van der Waals surface area contributed by atoms with Gasteiger partial charge in [0.25, 0.3) is 0 Å². The number of nitrogens with zero attached hydrogens (tertiary/aromatic N) is 1. The van der Waals surface area contributed by atoms with Crippen molar-refractivity contribution in [3.8, 4) is 0 Å². The van der Waals surface area contributed by atoms with Crippen LogP contribution in [0.15, 0.2) is 10.6 Å². The SMILES string of the molecule is CC(CC=O)c1cc(C(C)(C)C)on1. The predicted octanol–water partition coefficient (Wildman–Crippen LogP) is 2.66. The van der Waals surface area contributed by atoms with Crippen LogP contribution >= 0.6 is 0 Å². The minimum atomic E-state index is -0.0217. The zero-order valence-electron chi connectivity index (χ0n) is 9.20. The molecule has 1 rings (SSSR count). The van der Waals surface area contributed by atoms with E-state index in [9.17, 15) is 4.79 Å². The van der Waals surface area contributed by atoms with Crippen molar-refractivity contribution in [1.29, 1.82) is 0 Å². The molecule has 0 aliphatic heterocycles. The summed E-state index contributed by atoms with van der Waals surface area (Å²) < 4.78 is 5.23. The lowest BCUT2D eigenvalue weighted by Crippen LogP contribution is -2.09. The minimum absolute atomic E-state index is 0.0217. The molecule has 0 aromatic carbocycles. The molecule has 0 saturated heterocycles. The van der Waals surface area contributed by atoms with Gasteiger partial charge in [0, 0.05) is 23.8 Å². The van der Waals surface area contributed by atoms with Gasteiger partial charge in [-0.15, -0.1) is 0 Å². The van der Waals surface area contributed by atoms with Crippen molar-refractivity contribution in [3.63, 3.8) is 0 Å². The van der Waals surface area contributed by atoms with Gasteiger partial charge in [-0.2, -0.15) is 0 Å². The van der Waals surface area contributed by atoms with E-state index < -0.39 is 0 Å². The maximum absolute atomic E-state index is 10.3. The third-order valence-corrected chi connectivity index (χ3v) is 2.22. The van der Waals surface area contributed by atoms with E-state index in [1.165, 1.54) is 0 Å². The highest BCUT2D eigenvalue weighted by molar-refractivity contribution is 5.51. The molecule has 1 aromatic rings. The van der Waals surface area contributed by atoms with Crippen LogP contribution in [0.2, 0.25) is 0 Å². The quantitative estimate of drug-likeness (QED) is 0.696. The lowest BCUT2D eigenvalue weighted by atomic mass is 9.92. The third-order valence-electron chi connectivity index (χ3n) is 2.22. The molecule has 78 valence electrons. The van der Waals surface area contributed by atoms with E-state index in [4.69, 9.17) is 4.52 Å². The summed E-state index contributed by atoms with van der Waals surface area (Å²) in [6.07, 6.45) is 1.41. The number of hydrogen-bond acceptors (Lipinski definition) is 3. The number of aldehydes is 1. The lowest BCUT2D eigenvalue weighted by Gasteiger charge is -2.12. The average Bonchev–Trinajstić information content (AvgIpc) is 2.51. The number of carbonyl (C=O) groups is 1. The second-order valence-electron chi connectivity index (χ2n) is 4.67. The first kappa shape index (κ1) is 11.0. The van der Waals surface area contributed by atoms with Crippen molar-refractivity contribution in [2.45, 2.75) is 45.4 Å². The Balaban J connectivity index is 2.82. The van der Waals surface area contributed by atoms with Crippen molar-refractivity contribution in [1.82, 2.24) is 5.16 Å². The third kappa shape index (κ3) is 2.44. The molecule has 1 aromatic heterocycles. The molecule has 0 aliphatic rings. The molecule has 3 heteroatoms. The number of rotatable bonds is 3. The number of carbonyl (C=O) groups excluding carboxylic acids is 1. The van der Waals surface area contributed by atoms with E-state index in [1.807, 2.05) is 13.0 Å². The van der Waals surface area contributed by atoms with E-state index in [0.29, 0.717) is 6.42 Å². The van der Waals surface area contributed by atoms with Gasteiger partial charge in [-0.05, 0) is 0 Å². The zero-order chi connectivity index (χ0) is 10.8. The van der Waals surface area contributed by atoms with Gasteiger partial charge in [-0.25, -0.2) is 0 Å². The van der Waals surface area contributed by atoms with E-state index >= 15 is 0 Å². The Morgan fingerprint density at radius 3 is 2.64 bits per heavy atom. The highest BCUT2D eigenvalue weighted by atomic mass is 16.5. The van der Waals surface area contributed by atoms with Crippen LogP contribution in [-0.2, 0) is 10.2 Å². The lowest BCUT2D eigenvalue weighted by molar-refractivity contribution is -0.108. The molecule has 0 amide bonds. The average molecular weight is 195 g/mol. The second-order valence-corrected chi connectivity index (χ2v) is 4.67. The summed E-state index contributed by atoms with van der Waals surface area (Å²) in [5.74, 6) is 1.01. The van der Waals surface area contributed by atoms with Crippen LogP contribution in [0.5, 0.6) is 0 Å². The molecule has 1 unspecified atom stereocenters. The van der Waals surface area contributed by atoms with Crippen LogP contribution in [0.25, 0.3) is 0 Å². The standard InChI is InChI=1S/C11H17NO2/c1-8(5-6-13)9-7-10(14-12-9)11(2,3)4/h6-8H,5H2,1-4H3. The van der Waals surface area contributed by atoms with Gasteiger partial charge in [-0.3, -0.25) is 0 Å². The van der Waals surface area contributed by atoms with Crippen molar-refractivity contribution >= 4 is 6.29 Å². The monoisotopic (exact) mass is 195 g/mol. The smallest absolute Gasteiger partial charge is 0.142 e. The summed E-state index contributed by atoms with van der Waals surface area (Å²) in [6, 6.07) is 1.94. The molecule has 1 heterocycles. The molecule has 0 radical (unpaired) electrons. The summed E-state index contributed by atoms with van der Waals surface area (Å²) in [7, 11) is 0. The van der Waals surface area contributed by atoms with Gasteiger partial charge < -0.3 is 9.32 Å². The molecular weight excluding hydrogens is 178 g/mol. The normalized spacial score (nSPS) is 14.0. The van der Waals surface area contributed by atoms with Crippen LogP contribution in [0.1, 0.15) is 51.5 Å². The zero-order valence-corrected chi connectivity index (χ0v) is 9.20. The van der Waals surface area contributed by atoms with Crippen molar-refractivity contribution in [2.75, 3.05) is 0 Å². The van der Waals surface area contributed by atoms with Gasteiger partial charge in [0.15, 0.2) is 0 Å². The van der Waals surface area contributed by atoms with Crippen LogP contribution in [0, 0.1) is 0 Å². The molecule has 0 fully saturated rings. The highest BCUT2D eigenvalue weighted by Crippen LogP contribution is 2.26.